The Labute approximate surface area is 165 Å². The normalized spacial score (nSPS) is 10.8. The van der Waals surface area contributed by atoms with Crippen LogP contribution in [-0.4, -0.2) is 16.1 Å². The smallest absolute Gasteiger partial charge is 0.308 e. The number of aliphatic carboxylic acids is 1. The standard InChI is InChI=1S/C19H16Cl2N2O2S/c1-10-3-4-12(7-11(10)2)18-16(9-17(24)25)26-19(23-18)22-15-6-5-13(20)8-14(15)21/h3-8H,9H2,1-2H3,(H,22,23)(H,24,25). The first-order chi connectivity index (χ1) is 12.3. The molecule has 0 amide bonds. The number of aromatic nitrogens is 1. The number of anilines is 2. The number of carboxylic acid groups (broad SMARTS) is 1. The van der Waals surface area contributed by atoms with E-state index in [0.717, 1.165) is 11.1 Å². The summed E-state index contributed by atoms with van der Waals surface area (Å²) in [6.45, 7) is 4.06. The summed E-state index contributed by atoms with van der Waals surface area (Å²) in [5, 5.41) is 14.0. The van der Waals surface area contributed by atoms with Gasteiger partial charge in [0.05, 0.1) is 22.8 Å². The molecule has 3 aromatic rings. The number of carboxylic acids is 1. The van der Waals surface area contributed by atoms with Gasteiger partial charge in [-0.3, -0.25) is 4.79 Å². The summed E-state index contributed by atoms with van der Waals surface area (Å²) >= 11 is 13.4. The molecule has 134 valence electrons. The topological polar surface area (TPSA) is 62.2 Å². The minimum atomic E-state index is -0.894. The molecule has 0 aliphatic rings. The Bertz CT molecular complexity index is 986. The Morgan fingerprint density at radius 2 is 1.92 bits per heavy atom. The quantitative estimate of drug-likeness (QED) is 0.536. The molecule has 0 radical (unpaired) electrons. The molecule has 2 aromatic carbocycles. The van der Waals surface area contributed by atoms with Crippen LogP contribution in [0.25, 0.3) is 11.3 Å². The Morgan fingerprint density at radius 3 is 2.58 bits per heavy atom. The van der Waals surface area contributed by atoms with E-state index in [2.05, 4.69) is 10.3 Å². The Kier molecular flexibility index (Phi) is 5.51. The fourth-order valence-electron chi connectivity index (χ4n) is 2.48. The van der Waals surface area contributed by atoms with Crippen LogP contribution in [0.4, 0.5) is 10.8 Å². The van der Waals surface area contributed by atoms with Crippen LogP contribution in [0.15, 0.2) is 36.4 Å². The molecule has 0 unspecified atom stereocenters. The maximum absolute atomic E-state index is 11.3. The lowest BCUT2D eigenvalue weighted by molar-refractivity contribution is -0.136. The molecular weight excluding hydrogens is 391 g/mol. The minimum absolute atomic E-state index is 0.0873. The third-order valence-corrected chi connectivity index (χ3v) is 5.48. The van der Waals surface area contributed by atoms with Gasteiger partial charge in [0, 0.05) is 15.5 Å². The summed E-state index contributed by atoms with van der Waals surface area (Å²) < 4.78 is 0. The number of thiazole rings is 1. The van der Waals surface area contributed by atoms with Gasteiger partial charge >= 0.3 is 5.97 Å². The number of halogens is 2. The van der Waals surface area contributed by atoms with E-state index in [0.29, 0.717) is 31.4 Å². The second kappa shape index (κ2) is 7.66. The lowest BCUT2D eigenvalue weighted by atomic mass is 10.0. The van der Waals surface area contributed by atoms with Crippen molar-refractivity contribution in [1.82, 2.24) is 4.98 Å². The Hall–Kier alpha value is -2.08. The molecule has 0 atom stereocenters. The fourth-order valence-corrected chi connectivity index (χ4v) is 3.93. The molecule has 0 spiro atoms. The largest absolute Gasteiger partial charge is 0.481 e. The molecule has 2 N–H and O–H groups in total. The summed E-state index contributed by atoms with van der Waals surface area (Å²) in [6.07, 6.45) is -0.0873. The summed E-state index contributed by atoms with van der Waals surface area (Å²) in [5.41, 5.74) is 4.55. The monoisotopic (exact) mass is 406 g/mol. The van der Waals surface area contributed by atoms with Gasteiger partial charge in [-0.15, -0.1) is 11.3 Å². The van der Waals surface area contributed by atoms with Crippen molar-refractivity contribution in [3.05, 3.63) is 62.4 Å². The van der Waals surface area contributed by atoms with Crippen molar-refractivity contribution in [2.75, 3.05) is 5.32 Å². The lowest BCUT2D eigenvalue weighted by Crippen LogP contribution is -1.99. The number of hydrogen-bond donors (Lipinski definition) is 2. The van der Waals surface area contributed by atoms with E-state index in [1.165, 1.54) is 16.9 Å². The fraction of sp³-hybridized carbons (Fsp3) is 0.158. The molecule has 1 aromatic heterocycles. The molecule has 0 fully saturated rings. The van der Waals surface area contributed by atoms with Crippen LogP contribution < -0.4 is 5.32 Å². The van der Waals surface area contributed by atoms with Crippen LogP contribution in [-0.2, 0) is 11.2 Å². The SMILES string of the molecule is Cc1ccc(-c2nc(Nc3ccc(Cl)cc3Cl)sc2CC(=O)O)cc1C. The molecule has 3 rings (SSSR count). The van der Waals surface area contributed by atoms with Gasteiger partial charge in [0.15, 0.2) is 5.13 Å². The Morgan fingerprint density at radius 1 is 1.15 bits per heavy atom. The van der Waals surface area contributed by atoms with E-state index in [4.69, 9.17) is 23.2 Å². The molecule has 0 aliphatic heterocycles. The zero-order valence-corrected chi connectivity index (χ0v) is 16.5. The molecule has 7 heteroatoms. The summed E-state index contributed by atoms with van der Waals surface area (Å²) in [6, 6.07) is 11.1. The highest BCUT2D eigenvalue weighted by molar-refractivity contribution is 7.16. The van der Waals surface area contributed by atoms with Crippen LogP contribution >= 0.6 is 34.5 Å². The molecular formula is C19H16Cl2N2O2S. The number of aryl methyl sites for hydroxylation is 2. The number of carbonyl (C=O) groups is 1. The van der Waals surface area contributed by atoms with Gasteiger partial charge in [0.1, 0.15) is 0 Å². The summed E-state index contributed by atoms with van der Waals surface area (Å²) in [5.74, 6) is -0.894. The van der Waals surface area contributed by atoms with Crippen molar-refractivity contribution in [2.45, 2.75) is 20.3 Å². The molecule has 4 nitrogen and oxygen atoms in total. The average Bonchev–Trinajstić information content (AvgIpc) is 2.94. The molecule has 26 heavy (non-hydrogen) atoms. The van der Waals surface area contributed by atoms with Crippen molar-refractivity contribution >= 4 is 51.3 Å². The maximum atomic E-state index is 11.3. The van der Waals surface area contributed by atoms with Crippen molar-refractivity contribution in [2.24, 2.45) is 0 Å². The number of benzene rings is 2. The minimum Gasteiger partial charge on any atom is -0.481 e. The van der Waals surface area contributed by atoms with Gasteiger partial charge in [-0.1, -0.05) is 35.3 Å². The van der Waals surface area contributed by atoms with Crippen LogP contribution in [0.1, 0.15) is 16.0 Å². The first-order valence-corrected chi connectivity index (χ1v) is 9.42. The lowest BCUT2D eigenvalue weighted by Gasteiger charge is -2.05. The van der Waals surface area contributed by atoms with Crippen molar-refractivity contribution in [1.29, 1.82) is 0 Å². The first kappa shape index (κ1) is 18.7. The van der Waals surface area contributed by atoms with E-state index in [1.807, 2.05) is 32.0 Å². The van der Waals surface area contributed by atoms with E-state index >= 15 is 0 Å². The number of nitrogens with one attached hydrogen (secondary N) is 1. The van der Waals surface area contributed by atoms with Gasteiger partial charge in [0.2, 0.25) is 0 Å². The Balaban J connectivity index is 2.01. The van der Waals surface area contributed by atoms with E-state index in [1.54, 1.807) is 18.2 Å². The van der Waals surface area contributed by atoms with E-state index in [-0.39, 0.29) is 6.42 Å². The first-order valence-electron chi connectivity index (χ1n) is 7.84. The zero-order valence-electron chi connectivity index (χ0n) is 14.1. The third kappa shape index (κ3) is 4.18. The van der Waals surface area contributed by atoms with E-state index < -0.39 is 5.97 Å². The van der Waals surface area contributed by atoms with Crippen LogP contribution in [0.3, 0.4) is 0 Å². The maximum Gasteiger partial charge on any atom is 0.308 e. The number of hydrogen-bond acceptors (Lipinski definition) is 4. The predicted octanol–water partition coefficient (Wildman–Crippen LogP) is 6.10. The van der Waals surface area contributed by atoms with Gasteiger partial charge < -0.3 is 10.4 Å². The zero-order chi connectivity index (χ0) is 18.8. The van der Waals surface area contributed by atoms with Crippen LogP contribution in [0.5, 0.6) is 0 Å². The van der Waals surface area contributed by atoms with E-state index in [9.17, 15) is 9.90 Å². The summed E-state index contributed by atoms with van der Waals surface area (Å²) in [7, 11) is 0. The average molecular weight is 407 g/mol. The molecule has 0 saturated heterocycles. The highest BCUT2D eigenvalue weighted by Crippen LogP contribution is 2.35. The van der Waals surface area contributed by atoms with Gasteiger partial charge in [-0.05, 0) is 49.2 Å². The van der Waals surface area contributed by atoms with Crippen LogP contribution in [0.2, 0.25) is 10.0 Å². The highest BCUT2D eigenvalue weighted by Gasteiger charge is 2.17. The molecule has 0 bridgehead atoms. The number of nitrogens with zero attached hydrogens (tertiary/aromatic N) is 1. The van der Waals surface area contributed by atoms with Crippen LogP contribution in [0, 0.1) is 13.8 Å². The molecule has 0 aliphatic carbocycles. The number of rotatable bonds is 5. The van der Waals surface area contributed by atoms with Crippen molar-refractivity contribution < 1.29 is 9.90 Å². The predicted molar refractivity (Wildman–Crippen MR) is 108 cm³/mol. The van der Waals surface area contributed by atoms with Crippen molar-refractivity contribution in [3.63, 3.8) is 0 Å². The van der Waals surface area contributed by atoms with Gasteiger partial charge in [0.25, 0.3) is 0 Å². The molecule has 1 heterocycles. The summed E-state index contributed by atoms with van der Waals surface area (Å²) in [4.78, 5) is 16.6. The van der Waals surface area contributed by atoms with Gasteiger partial charge in [-0.2, -0.15) is 0 Å². The second-order valence-electron chi connectivity index (χ2n) is 5.91. The molecule has 0 saturated carbocycles. The third-order valence-electron chi connectivity index (χ3n) is 3.96. The highest BCUT2D eigenvalue weighted by atomic mass is 35.5. The van der Waals surface area contributed by atoms with Crippen molar-refractivity contribution in [3.8, 4) is 11.3 Å². The second-order valence-corrected chi connectivity index (χ2v) is 7.84. The van der Waals surface area contributed by atoms with Gasteiger partial charge in [-0.25, -0.2) is 4.98 Å².